The third-order valence-electron chi connectivity index (χ3n) is 6.42. The van der Waals surface area contributed by atoms with Crippen molar-refractivity contribution in [3.8, 4) is 5.75 Å². The number of amides is 1. The molecular formula is C31H33FN4O4. The van der Waals surface area contributed by atoms with Crippen LogP contribution in [0, 0.1) is 5.82 Å². The molecule has 2 aromatic carbocycles. The van der Waals surface area contributed by atoms with Crippen molar-refractivity contribution in [1.82, 2.24) is 10.6 Å². The topological polar surface area (TPSA) is 93.2 Å². The average Bonchev–Trinajstić information content (AvgIpc) is 2.97. The van der Waals surface area contributed by atoms with Crippen LogP contribution in [0.5, 0.6) is 5.75 Å². The van der Waals surface area contributed by atoms with E-state index in [4.69, 9.17) is 14.2 Å². The minimum Gasteiger partial charge on any atom is -0.493 e. The van der Waals surface area contributed by atoms with Gasteiger partial charge < -0.3 is 30.2 Å². The first-order valence-electron chi connectivity index (χ1n) is 12.8. The highest BCUT2D eigenvalue weighted by Crippen LogP contribution is 2.24. The van der Waals surface area contributed by atoms with Crippen LogP contribution in [0.25, 0.3) is 0 Å². The van der Waals surface area contributed by atoms with E-state index in [-0.39, 0.29) is 30.0 Å². The number of carbonyl (C=O) groups is 1. The first-order chi connectivity index (χ1) is 19.4. The predicted molar refractivity (Wildman–Crippen MR) is 154 cm³/mol. The zero-order valence-electron chi connectivity index (χ0n) is 22.6. The summed E-state index contributed by atoms with van der Waals surface area (Å²) in [6.07, 6.45) is 7.61. The van der Waals surface area contributed by atoms with Gasteiger partial charge in [-0.05, 0) is 54.0 Å². The molecule has 3 N–H and O–H groups in total. The molecule has 1 aliphatic carbocycles. The van der Waals surface area contributed by atoms with E-state index >= 15 is 0 Å². The lowest BCUT2D eigenvalue weighted by atomic mass is 9.94. The summed E-state index contributed by atoms with van der Waals surface area (Å²) in [4.78, 5) is 16.9. The van der Waals surface area contributed by atoms with Gasteiger partial charge >= 0.3 is 0 Å². The fourth-order valence-corrected chi connectivity index (χ4v) is 4.35. The molecule has 40 heavy (non-hydrogen) atoms. The van der Waals surface area contributed by atoms with Crippen LogP contribution in [0.15, 0.2) is 108 Å². The first-order valence-corrected chi connectivity index (χ1v) is 12.8. The van der Waals surface area contributed by atoms with E-state index in [2.05, 4.69) is 46.2 Å². The minimum absolute atomic E-state index is 0.0251. The number of anilines is 1. The second-order valence-corrected chi connectivity index (χ2v) is 9.08. The number of fused-ring (bicyclic) bond motifs is 1. The van der Waals surface area contributed by atoms with E-state index < -0.39 is 5.82 Å². The number of methoxy groups -OCH3 is 2. The molecule has 0 aromatic heterocycles. The number of halogens is 1. The van der Waals surface area contributed by atoms with Crippen molar-refractivity contribution >= 4 is 17.3 Å². The molecule has 208 valence electrons. The molecule has 9 heteroatoms. The smallest absolute Gasteiger partial charge is 0.267 e. The largest absolute Gasteiger partial charge is 0.493 e. The third-order valence-corrected chi connectivity index (χ3v) is 6.42. The number of aliphatic imine (C=N–C) groups is 1. The monoisotopic (exact) mass is 544 g/mol. The van der Waals surface area contributed by atoms with E-state index in [1.54, 1.807) is 44.7 Å². The quantitative estimate of drug-likeness (QED) is 0.355. The number of carbonyl (C=O) groups excluding carboxylic acids is 1. The number of hydrogen-bond donors (Lipinski definition) is 3. The maximum atomic E-state index is 14.6. The summed E-state index contributed by atoms with van der Waals surface area (Å²) in [7, 11) is 3.10. The van der Waals surface area contributed by atoms with Crippen molar-refractivity contribution in [1.29, 1.82) is 0 Å². The lowest BCUT2D eigenvalue weighted by Crippen LogP contribution is -2.39. The van der Waals surface area contributed by atoms with Gasteiger partial charge in [0, 0.05) is 36.6 Å². The number of allylic oxidation sites excluding steroid dienone is 3. The van der Waals surface area contributed by atoms with Crippen molar-refractivity contribution in [2.24, 2.45) is 4.99 Å². The molecule has 2 aromatic rings. The van der Waals surface area contributed by atoms with Gasteiger partial charge in [-0.3, -0.25) is 9.79 Å². The number of nitrogens with one attached hydrogen (secondary N) is 3. The van der Waals surface area contributed by atoms with Gasteiger partial charge in [0.2, 0.25) is 0 Å². The molecule has 0 fully saturated rings. The molecule has 1 heterocycles. The van der Waals surface area contributed by atoms with Crippen molar-refractivity contribution in [2.75, 3.05) is 39.2 Å². The van der Waals surface area contributed by atoms with E-state index in [1.807, 2.05) is 12.1 Å². The summed E-state index contributed by atoms with van der Waals surface area (Å²) in [5.41, 5.74) is 4.24. The Morgan fingerprint density at radius 1 is 1.18 bits per heavy atom. The van der Waals surface area contributed by atoms with E-state index in [1.165, 1.54) is 23.3 Å². The normalized spacial score (nSPS) is 17.5. The zero-order chi connectivity index (χ0) is 28.5. The molecule has 0 saturated carbocycles. The van der Waals surface area contributed by atoms with Gasteiger partial charge in [-0.25, -0.2) is 4.39 Å². The zero-order valence-corrected chi connectivity index (χ0v) is 22.6. The van der Waals surface area contributed by atoms with Crippen molar-refractivity contribution in [3.05, 3.63) is 120 Å². The Bertz CT molecular complexity index is 1410. The van der Waals surface area contributed by atoms with Crippen molar-refractivity contribution in [2.45, 2.75) is 12.5 Å². The molecule has 0 spiro atoms. The highest BCUT2D eigenvalue weighted by molar-refractivity contribution is 6.12. The van der Waals surface area contributed by atoms with Crippen molar-refractivity contribution < 1.29 is 23.4 Å². The minimum atomic E-state index is -0.577. The second kappa shape index (κ2) is 13.4. The Kier molecular flexibility index (Phi) is 9.53. The molecule has 1 amide bonds. The van der Waals surface area contributed by atoms with Crippen molar-refractivity contribution in [3.63, 3.8) is 0 Å². The molecule has 1 atom stereocenters. The summed E-state index contributed by atoms with van der Waals surface area (Å²) in [6, 6.07) is 12.6. The first kappa shape index (κ1) is 28.4. The van der Waals surface area contributed by atoms with E-state index in [0.29, 0.717) is 35.0 Å². The molecule has 8 nitrogen and oxygen atoms in total. The van der Waals surface area contributed by atoms with Gasteiger partial charge in [-0.2, -0.15) is 0 Å². The molecule has 0 radical (unpaired) electrons. The number of nitrogens with zero attached hydrogens (tertiary/aromatic N) is 1. The van der Waals surface area contributed by atoms with Crippen LogP contribution >= 0.6 is 0 Å². The van der Waals surface area contributed by atoms with Crippen LogP contribution in [0.2, 0.25) is 0 Å². The summed E-state index contributed by atoms with van der Waals surface area (Å²) in [5, 5.41) is 9.17. The number of hydrogen-bond acceptors (Lipinski definition) is 7. The Morgan fingerprint density at radius 3 is 2.73 bits per heavy atom. The van der Waals surface area contributed by atoms with Crippen LogP contribution in [0.4, 0.5) is 10.1 Å². The Hall–Kier alpha value is -4.63. The fourth-order valence-electron chi connectivity index (χ4n) is 4.35. The number of ether oxygens (including phenoxy) is 3. The number of benzene rings is 2. The molecule has 1 aliphatic heterocycles. The molecule has 1 unspecified atom stereocenters. The van der Waals surface area contributed by atoms with Crippen LogP contribution in [0.3, 0.4) is 0 Å². The molecule has 0 bridgehead atoms. The molecular weight excluding hydrogens is 511 g/mol. The fraction of sp³-hybridized carbons (Fsp3) is 0.226. The Balaban J connectivity index is 1.25. The highest BCUT2D eigenvalue weighted by Gasteiger charge is 2.20. The number of rotatable bonds is 11. The summed E-state index contributed by atoms with van der Waals surface area (Å²) < 4.78 is 30.7. The summed E-state index contributed by atoms with van der Waals surface area (Å²) in [6.45, 7) is 9.12. The van der Waals surface area contributed by atoms with Gasteiger partial charge in [0.1, 0.15) is 6.61 Å². The molecule has 0 saturated heterocycles. The van der Waals surface area contributed by atoms with Gasteiger partial charge in [0.05, 0.1) is 25.6 Å². The van der Waals surface area contributed by atoms with E-state index in [9.17, 15) is 9.18 Å². The second-order valence-electron chi connectivity index (χ2n) is 9.08. The van der Waals surface area contributed by atoms with Gasteiger partial charge in [0.25, 0.3) is 5.91 Å². The maximum Gasteiger partial charge on any atom is 0.267 e. The van der Waals surface area contributed by atoms with Gasteiger partial charge in [-0.15, -0.1) is 0 Å². The highest BCUT2D eigenvalue weighted by atomic mass is 19.1. The Labute approximate surface area is 233 Å². The lowest BCUT2D eigenvalue weighted by Gasteiger charge is -2.27. The van der Waals surface area contributed by atoms with Crippen LogP contribution < -0.4 is 20.7 Å². The SMILES string of the molecule is C=C(Nc1ccc(OC/C=C\N=C2\C=C(OC)C(OC)=CC2=C)c(F)c1)C(=O)NCC1NCCc2ccccc21. The van der Waals surface area contributed by atoms with E-state index in [0.717, 1.165) is 13.0 Å². The standard InChI is InChI=1S/C31H33FN4O4/c1-20-16-29(38-3)30(39-4)18-26(20)33-13-7-15-40-28-11-10-23(17-25(28)32)36-21(2)31(37)35-19-27-24-9-6-5-8-22(24)12-14-34-27/h5-11,13,16-18,27,34,36H,1-2,12,14-15,19H2,3-4H3,(H,35,37)/b13-7-,33-26-. The molecule has 2 aliphatic rings. The van der Waals surface area contributed by atoms with Crippen LogP contribution in [-0.4, -0.2) is 45.5 Å². The summed E-state index contributed by atoms with van der Waals surface area (Å²) in [5.74, 6) is 0.239. The maximum absolute atomic E-state index is 14.6. The van der Waals surface area contributed by atoms with Gasteiger partial charge in [0.15, 0.2) is 23.1 Å². The van der Waals surface area contributed by atoms with Crippen LogP contribution in [0.1, 0.15) is 17.2 Å². The van der Waals surface area contributed by atoms with Crippen LogP contribution in [-0.2, 0) is 20.7 Å². The Morgan fingerprint density at radius 2 is 1.95 bits per heavy atom. The lowest BCUT2D eigenvalue weighted by molar-refractivity contribution is -0.117. The molecule has 4 rings (SSSR count). The third kappa shape index (κ3) is 7.06. The van der Waals surface area contributed by atoms with Gasteiger partial charge in [-0.1, -0.05) is 37.4 Å². The average molecular weight is 545 g/mol. The summed E-state index contributed by atoms with van der Waals surface area (Å²) >= 11 is 0. The predicted octanol–water partition coefficient (Wildman–Crippen LogP) is 4.72.